The highest BCUT2D eigenvalue weighted by Crippen LogP contribution is 2.19. The van der Waals surface area contributed by atoms with Gasteiger partial charge in [-0.25, -0.2) is 4.39 Å². The number of amides is 2. The van der Waals surface area contributed by atoms with Crippen LogP contribution in [0, 0.1) is 5.82 Å². The first kappa shape index (κ1) is 14.0. The van der Waals surface area contributed by atoms with Gasteiger partial charge in [0.25, 0.3) is 5.91 Å². The molecule has 4 nitrogen and oxygen atoms in total. The van der Waals surface area contributed by atoms with Gasteiger partial charge < -0.3 is 11.1 Å². The fraction of sp³-hybridized carbons (Fsp3) is 0. The van der Waals surface area contributed by atoms with E-state index in [0.29, 0.717) is 0 Å². The van der Waals surface area contributed by atoms with Gasteiger partial charge in [0.15, 0.2) is 0 Å². The summed E-state index contributed by atoms with van der Waals surface area (Å²) < 4.78 is 13.3. The van der Waals surface area contributed by atoms with Gasteiger partial charge >= 0.3 is 0 Å². The average Bonchev–Trinajstić information content (AvgIpc) is 2.43. The molecule has 0 heterocycles. The molecule has 0 aliphatic carbocycles. The third-order valence-electron chi connectivity index (χ3n) is 2.59. The Morgan fingerprint density at radius 1 is 1.10 bits per heavy atom. The monoisotopic (exact) mass is 292 g/mol. The van der Waals surface area contributed by atoms with Crippen LogP contribution in [0.4, 0.5) is 10.1 Å². The number of rotatable bonds is 3. The first-order valence-corrected chi connectivity index (χ1v) is 6.01. The van der Waals surface area contributed by atoms with Gasteiger partial charge in [-0.1, -0.05) is 17.7 Å². The van der Waals surface area contributed by atoms with Gasteiger partial charge in [0.05, 0.1) is 5.02 Å². The fourth-order valence-corrected chi connectivity index (χ4v) is 1.71. The molecule has 2 aromatic carbocycles. The molecule has 0 unspecified atom stereocenters. The standard InChI is InChI=1S/C14H10ClFN2O2/c15-11-5-4-10(7-12(11)16)18-14(20)9-3-1-2-8(6-9)13(17)19/h1-7H,(H2,17,19)(H,18,20). The summed E-state index contributed by atoms with van der Waals surface area (Å²) in [4.78, 5) is 23.0. The Morgan fingerprint density at radius 2 is 1.80 bits per heavy atom. The molecule has 6 heteroatoms. The number of nitrogens with one attached hydrogen (secondary N) is 1. The summed E-state index contributed by atoms with van der Waals surface area (Å²) in [6, 6.07) is 9.85. The van der Waals surface area contributed by atoms with Gasteiger partial charge in [-0.2, -0.15) is 0 Å². The molecule has 0 fully saturated rings. The minimum absolute atomic E-state index is 0.0290. The Labute approximate surface area is 119 Å². The third kappa shape index (κ3) is 3.13. The SMILES string of the molecule is NC(=O)c1cccc(C(=O)Nc2ccc(Cl)c(F)c2)c1. The Hall–Kier alpha value is -2.40. The Kier molecular flexibility index (Phi) is 4.00. The normalized spacial score (nSPS) is 10.1. The van der Waals surface area contributed by atoms with E-state index in [1.54, 1.807) is 0 Å². The van der Waals surface area contributed by atoms with Crippen molar-refractivity contribution in [3.63, 3.8) is 0 Å². The van der Waals surface area contributed by atoms with Gasteiger partial charge in [-0.15, -0.1) is 0 Å². The average molecular weight is 293 g/mol. The molecule has 0 radical (unpaired) electrons. The van der Waals surface area contributed by atoms with Crippen molar-refractivity contribution in [3.8, 4) is 0 Å². The summed E-state index contributed by atoms with van der Waals surface area (Å²) in [5.74, 6) is -1.73. The lowest BCUT2D eigenvalue weighted by molar-refractivity contribution is 0.1000. The molecular weight excluding hydrogens is 283 g/mol. The number of benzene rings is 2. The number of hydrogen-bond donors (Lipinski definition) is 2. The van der Waals surface area contributed by atoms with E-state index >= 15 is 0 Å². The number of carbonyl (C=O) groups is 2. The van der Waals surface area contributed by atoms with Crippen molar-refractivity contribution in [1.82, 2.24) is 0 Å². The van der Waals surface area contributed by atoms with E-state index in [1.165, 1.54) is 36.4 Å². The molecule has 0 aromatic heterocycles. The fourth-order valence-electron chi connectivity index (χ4n) is 1.59. The van der Waals surface area contributed by atoms with Crippen molar-refractivity contribution in [2.24, 2.45) is 5.73 Å². The molecular formula is C14H10ClFN2O2. The van der Waals surface area contributed by atoms with Crippen molar-refractivity contribution < 1.29 is 14.0 Å². The predicted octanol–water partition coefficient (Wildman–Crippen LogP) is 2.83. The molecule has 0 saturated heterocycles. The molecule has 0 aliphatic heterocycles. The van der Waals surface area contributed by atoms with Crippen molar-refractivity contribution in [2.75, 3.05) is 5.32 Å². The van der Waals surface area contributed by atoms with Crippen molar-refractivity contribution in [1.29, 1.82) is 0 Å². The van der Waals surface area contributed by atoms with E-state index in [-0.39, 0.29) is 21.8 Å². The predicted molar refractivity (Wildman–Crippen MR) is 74.3 cm³/mol. The summed E-state index contributed by atoms with van der Waals surface area (Å²) in [6.45, 7) is 0. The van der Waals surface area contributed by atoms with Crippen molar-refractivity contribution in [2.45, 2.75) is 0 Å². The highest BCUT2D eigenvalue weighted by Gasteiger charge is 2.10. The minimum Gasteiger partial charge on any atom is -0.366 e. The van der Waals surface area contributed by atoms with E-state index in [4.69, 9.17) is 17.3 Å². The number of hydrogen-bond acceptors (Lipinski definition) is 2. The molecule has 2 rings (SSSR count). The van der Waals surface area contributed by atoms with Gasteiger partial charge in [0, 0.05) is 16.8 Å². The van der Waals surface area contributed by atoms with Crippen LogP contribution >= 0.6 is 11.6 Å². The summed E-state index contributed by atoms with van der Waals surface area (Å²) in [5, 5.41) is 2.47. The zero-order valence-corrected chi connectivity index (χ0v) is 10.9. The van der Waals surface area contributed by atoms with Crippen LogP contribution in [0.25, 0.3) is 0 Å². The van der Waals surface area contributed by atoms with Gasteiger partial charge in [0.1, 0.15) is 5.82 Å². The highest BCUT2D eigenvalue weighted by molar-refractivity contribution is 6.30. The number of halogens is 2. The maximum atomic E-state index is 13.3. The second kappa shape index (κ2) is 5.71. The van der Waals surface area contributed by atoms with E-state index in [1.807, 2.05) is 0 Å². The number of carbonyl (C=O) groups excluding carboxylic acids is 2. The lowest BCUT2D eigenvalue weighted by atomic mass is 10.1. The highest BCUT2D eigenvalue weighted by atomic mass is 35.5. The number of nitrogens with two attached hydrogens (primary N) is 1. The molecule has 2 aromatic rings. The van der Waals surface area contributed by atoms with Gasteiger partial charge in [-0.05, 0) is 36.4 Å². The summed E-state index contributed by atoms with van der Waals surface area (Å²) in [6.07, 6.45) is 0. The molecule has 102 valence electrons. The maximum absolute atomic E-state index is 13.3. The van der Waals surface area contributed by atoms with Crippen LogP contribution in [0.3, 0.4) is 0 Å². The van der Waals surface area contributed by atoms with Gasteiger partial charge in [0.2, 0.25) is 5.91 Å². The lowest BCUT2D eigenvalue weighted by Crippen LogP contribution is -2.15. The molecule has 0 aliphatic rings. The topological polar surface area (TPSA) is 72.2 Å². The van der Waals surface area contributed by atoms with E-state index in [0.717, 1.165) is 6.07 Å². The zero-order chi connectivity index (χ0) is 14.7. The van der Waals surface area contributed by atoms with Crippen LogP contribution in [-0.4, -0.2) is 11.8 Å². The van der Waals surface area contributed by atoms with E-state index in [2.05, 4.69) is 5.32 Å². The number of primary amides is 1. The van der Waals surface area contributed by atoms with E-state index in [9.17, 15) is 14.0 Å². The molecule has 0 atom stereocenters. The van der Waals surface area contributed by atoms with Crippen molar-refractivity contribution in [3.05, 3.63) is 64.4 Å². The largest absolute Gasteiger partial charge is 0.366 e. The lowest BCUT2D eigenvalue weighted by Gasteiger charge is -2.06. The van der Waals surface area contributed by atoms with Crippen LogP contribution in [0.15, 0.2) is 42.5 Å². The first-order chi connectivity index (χ1) is 9.47. The molecule has 20 heavy (non-hydrogen) atoms. The maximum Gasteiger partial charge on any atom is 0.255 e. The molecule has 0 saturated carbocycles. The second-order valence-corrected chi connectivity index (χ2v) is 4.44. The summed E-state index contributed by atoms with van der Waals surface area (Å²) >= 11 is 5.55. The smallest absolute Gasteiger partial charge is 0.255 e. The zero-order valence-electron chi connectivity index (χ0n) is 10.2. The molecule has 3 N–H and O–H groups in total. The van der Waals surface area contributed by atoms with E-state index < -0.39 is 17.6 Å². The quantitative estimate of drug-likeness (QED) is 0.913. The first-order valence-electron chi connectivity index (χ1n) is 5.63. The van der Waals surface area contributed by atoms with Gasteiger partial charge in [-0.3, -0.25) is 9.59 Å². The van der Waals surface area contributed by atoms with Crippen LogP contribution in [0.2, 0.25) is 5.02 Å². The van der Waals surface area contributed by atoms with Crippen LogP contribution in [0.1, 0.15) is 20.7 Å². The summed E-state index contributed by atoms with van der Waals surface area (Å²) in [5.41, 5.74) is 5.87. The Balaban J connectivity index is 2.21. The summed E-state index contributed by atoms with van der Waals surface area (Å²) in [7, 11) is 0. The molecule has 0 spiro atoms. The van der Waals surface area contributed by atoms with Crippen molar-refractivity contribution >= 4 is 29.1 Å². The Morgan fingerprint density at radius 3 is 2.45 bits per heavy atom. The third-order valence-corrected chi connectivity index (χ3v) is 2.89. The minimum atomic E-state index is -0.629. The second-order valence-electron chi connectivity index (χ2n) is 4.03. The molecule has 0 bridgehead atoms. The molecule has 2 amide bonds. The van der Waals surface area contributed by atoms with Crippen LogP contribution in [0.5, 0.6) is 0 Å². The Bertz CT molecular complexity index is 689. The number of anilines is 1. The van der Waals surface area contributed by atoms with Crippen LogP contribution < -0.4 is 11.1 Å². The van der Waals surface area contributed by atoms with Crippen LogP contribution in [-0.2, 0) is 0 Å².